The number of halogens is 2. The molecule has 1 atom stereocenters. The van der Waals surface area contributed by atoms with Gasteiger partial charge < -0.3 is 0 Å². The van der Waals surface area contributed by atoms with Gasteiger partial charge in [-0.05, 0) is 0 Å². The Labute approximate surface area is 193 Å². The van der Waals surface area contributed by atoms with E-state index in [4.69, 9.17) is 21.5 Å². The van der Waals surface area contributed by atoms with Crippen molar-refractivity contribution in [2.45, 2.75) is 62.2 Å². The normalized spacial score (nSPS) is 17.2. The van der Waals surface area contributed by atoms with Gasteiger partial charge in [-0.1, -0.05) is 0 Å². The van der Waals surface area contributed by atoms with E-state index >= 15 is 0 Å². The Bertz CT molecular complexity index is 878. The third kappa shape index (κ3) is 5.08. The maximum atomic E-state index is 7.92. The molecule has 0 fully saturated rings. The van der Waals surface area contributed by atoms with E-state index in [1.807, 2.05) is 0 Å². The number of hydrogen-bond donors (Lipinski definition) is 1. The van der Waals surface area contributed by atoms with Gasteiger partial charge in [0, 0.05) is 0 Å². The molecular weight excluding hydrogens is 525 g/mol. The van der Waals surface area contributed by atoms with E-state index < -0.39 is 30.1 Å². The number of nitrogens with one attached hydrogen (secondary N) is 1. The van der Waals surface area contributed by atoms with Gasteiger partial charge in [0.1, 0.15) is 0 Å². The molecular formula is C23H36Cl2NOSi2Zr. The van der Waals surface area contributed by atoms with Crippen molar-refractivity contribution >= 4 is 31.3 Å². The van der Waals surface area contributed by atoms with Crippen molar-refractivity contribution in [3.8, 4) is 11.1 Å². The molecule has 2 aromatic carbocycles. The van der Waals surface area contributed by atoms with Gasteiger partial charge in [-0.3, -0.25) is 0 Å². The van der Waals surface area contributed by atoms with Crippen LogP contribution in [-0.2, 0) is 20.3 Å². The first kappa shape index (κ1) is 24.9. The van der Waals surface area contributed by atoms with Crippen LogP contribution in [-0.4, -0.2) is 26.4 Å². The van der Waals surface area contributed by atoms with Crippen molar-refractivity contribution in [1.29, 1.82) is 0 Å². The van der Waals surface area contributed by atoms with Crippen molar-refractivity contribution in [1.82, 2.24) is 3.26 Å². The van der Waals surface area contributed by atoms with Gasteiger partial charge in [0.2, 0.25) is 0 Å². The monoisotopic (exact) mass is 558 g/mol. The van der Waals surface area contributed by atoms with E-state index in [9.17, 15) is 0 Å². The first-order valence-electron chi connectivity index (χ1n) is 10.9. The Morgan fingerprint density at radius 3 is 1.87 bits per heavy atom. The van der Waals surface area contributed by atoms with Crippen LogP contribution in [0.1, 0.15) is 35.5 Å². The quantitative estimate of drug-likeness (QED) is 0.360. The topological polar surface area (TPSA) is 21.3 Å². The molecule has 0 heterocycles. The van der Waals surface area contributed by atoms with E-state index in [2.05, 4.69) is 98.8 Å². The third-order valence-electron chi connectivity index (χ3n) is 5.97. The molecule has 1 unspecified atom stereocenters. The van der Waals surface area contributed by atoms with E-state index in [1.165, 1.54) is 22.3 Å². The number of fused-ring (bicyclic) bond motifs is 3. The fourth-order valence-corrected chi connectivity index (χ4v) is 40.9. The molecule has 0 bridgehead atoms. The molecule has 1 N–H and O–H groups in total. The standard InChI is InChI=1S/C13H9.C6H17OSi2.C4H10N.2ClH.Zr/c1-3-7-12-10(5-1)9-11-6-2-4-8-13(11)12;1-8-6-5-7-9(2,3)4;1-4(2,3)5;;;/h1-9H;8H,5-6H2,1-4H3;5H,1-3H3;2*1H;/q;;-1;;;+3/p-2. The Morgan fingerprint density at radius 1 is 0.967 bits per heavy atom. The van der Waals surface area contributed by atoms with E-state index in [0.29, 0.717) is 0 Å². The Morgan fingerprint density at radius 2 is 1.43 bits per heavy atom. The fourth-order valence-electron chi connectivity index (χ4n) is 4.73. The zero-order valence-electron chi connectivity index (χ0n) is 19.4. The summed E-state index contributed by atoms with van der Waals surface area (Å²) in [7, 11) is 14.3. The zero-order valence-corrected chi connectivity index (χ0v) is 25.5. The van der Waals surface area contributed by atoms with Crippen molar-refractivity contribution < 1.29 is 20.3 Å². The molecule has 1 aliphatic rings. The molecule has 0 saturated heterocycles. The van der Waals surface area contributed by atoms with E-state index in [-0.39, 0.29) is 9.16 Å². The second kappa shape index (κ2) is 8.55. The molecule has 7 heteroatoms. The molecule has 0 saturated carbocycles. The van der Waals surface area contributed by atoms with Crippen LogP contribution in [0.3, 0.4) is 0 Å². The maximum absolute atomic E-state index is 7.92. The fraction of sp³-hybridized carbons (Fsp3) is 0.478. The minimum atomic E-state index is -4.55. The minimum absolute atomic E-state index is 0.0787. The van der Waals surface area contributed by atoms with E-state index in [0.717, 1.165) is 12.7 Å². The zero-order chi connectivity index (χ0) is 22.4. The second-order valence-electron chi connectivity index (χ2n) is 10.8. The van der Waals surface area contributed by atoms with Crippen LogP contribution < -0.4 is 3.26 Å². The third-order valence-corrected chi connectivity index (χ3v) is 52.3. The van der Waals surface area contributed by atoms with Gasteiger partial charge in [0.05, 0.1) is 0 Å². The van der Waals surface area contributed by atoms with Gasteiger partial charge in [0.25, 0.3) is 0 Å². The van der Waals surface area contributed by atoms with E-state index in [1.54, 1.807) is 0 Å². The molecule has 2 aromatic rings. The molecule has 3 rings (SSSR count). The van der Waals surface area contributed by atoms with Gasteiger partial charge in [-0.2, -0.15) is 0 Å². The summed E-state index contributed by atoms with van der Waals surface area (Å²) in [5.74, 6) is -1.58. The summed E-state index contributed by atoms with van der Waals surface area (Å²) in [6.45, 7) is 16.4. The molecule has 2 nitrogen and oxygen atoms in total. The van der Waals surface area contributed by atoms with Crippen LogP contribution in [0.15, 0.2) is 48.5 Å². The molecule has 0 amide bonds. The number of hydrogen-bond acceptors (Lipinski definition) is 2. The average Bonchev–Trinajstić information content (AvgIpc) is 2.94. The summed E-state index contributed by atoms with van der Waals surface area (Å²) in [6, 6.07) is 18.4. The number of rotatable bonds is 7. The van der Waals surface area contributed by atoms with Crippen molar-refractivity contribution in [3.05, 3.63) is 59.7 Å². The summed E-state index contributed by atoms with van der Waals surface area (Å²) in [5, 5.41) is 0. The SMILES string of the molecule is C[SiH](CCO[Si](C)(C)C)[Zr]([Cl])([Cl])([NH]C(C)(C)C)[CH]1c2ccccc2-c2ccccc21. The van der Waals surface area contributed by atoms with Gasteiger partial charge in [-0.15, -0.1) is 0 Å². The Kier molecular flexibility index (Phi) is 7.10. The second-order valence-corrected chi connectivity index (χ2v) is 54.9. The predicted octanol–water partition coefficient (Wildman–Crippen LogP) is 7.26. The first-order valence-corrected chi connectivity index (χ1v) is 30.1. The molecule has 0 spiro atoms. The van der Waals surface area contributed by atoms with Crippen LogP contribution in [0.2, 0.25) is 32.2 Å². The summed E-state index contributed by atoms with van der Waals surface area (Å²) in [6.07, 6.45) is 0. The summed E-state index contributed by atoms with van der Waals surface area (Å²) in [5.41, 5.74) is 5.03. The molecule has 165 valence electrons. The summed E-state index contributed by atoms with van der Waals surface area (Å²) >= 11 is -4.55. The van der Waals surface area contributed by atoms with Gasteiger partial charge >= 0.3 is 194 Å². The number of benzene rings is 2. The van der Waals surface area contributed by atoms with Crippen LogP contribution in [0, 0.1) is 0 Å². The molecule has 30 heavy (non-hydrogen) atoms. The van der Waals surface area contributed by atoms with Crippen LogP contribution in [0.4, 0.5) is 0 Å². The summed E-state index contributed by atoms with van der Waals surface area (Å²) in [4.78, 5) is 0. The van der Waals surface area contributed by atoms with Crippen molar-refractivity contribution in [3.63, 3.8) is 0 Å². The molecule has 0 radical (unpaired) electrons. The molecule has 0 aliphatic heterocycles. The van der Waals surface area contributed by atoms with Crippen molar-refractivity contribution in [2.24, 2.45) is 0 Å². The molecule has 1 aliphatic carbocycles. The average molecular weight is 561 g/mol. The Balaban J connectivity index is 2.12. The van der Waals surface area contributed by atoms with Crippen LogP contribution >= 0.6 is 17.0 Å². The summed E-state index contributed by atoms with van der Waals surface area (Å²) < 4.78 is 10.3. The van der Waals surface area contributed by atoms with Crippen molar-refractivity contribution in [2.75, 3.05) is 6.61 Å². The first-order chi connectivity index (χ1) is 13.7. The van der Waals surface area contributed by atoms with Crippen LogP contribution in [0.25, 0.3) is 11.1 Å². The van der Waals surface area contributed by atoms with Crippen LogP contribution in [0.5, 0.6) is 0 Å². The Hall–Kier alpha value is 0.257. The predicted molar refractivity (Wildman–Crippen MR) is 135 cm³/mol. The molecule has 0 aromatic heterocycles. The van der Waals surface area contributed by atoms with Gasteiger partial charge in [0.15, 0.2) is 0 Å². The van der Waals surface area contributed by atoms with Gasteiger partial charge in [-0.25, -0.2) is 0 Å².